The predicted octanol–water partition coefficient (Wildman–Crippen LogP) is 4.56. The number of hydrogen-bond donors (Lipinski definition) is 3. The van der Waals surface area contributed by atoms with Crippen molar-refractivity contribution in [3.63, 3.8) is 0 Å². The maximum absolute atomic E-state index is 14.7. The van der Waals surface area contributed by atoms with Crippen molar-refractivity contribution in [2.75, 3.05) is 16.4 Å². The van der Waals surface area contributed by atoms with Crippen LogP contribution in [0.15, 0.2) is 45.8 Å². The van der Waals surface area contributed by atoms with Crippen LogP contribution in [0.5, 0.6) is 0 Å². The highest BCUT2D eigenvalue weighted by atomic mass is 19.1. The smallest absolute Gasteiger partial charge is 0.326 e. The highest BCUT2D eigenvalue weighted by molar-refractivity contribution is 5.99. The summed E-state index contributed by atoms with van der Waals surface area (Å²) in [5, 5.41) is 9.61. The number of nitrogens with one attached hydrogen (secondary N) is 2. The molecule has 0 aliphatic carbocycles. The first-order valence-electron chi connectivity index (χ1n) is 10.5. The summed E-state index contributed by atoms with van der Waals surface area (Å²) in [6, 6.07) is 6.88. The first-order valence-corrected chi connectivity index (χ1v) is 10.5. The van der Waals surface area contributed by atoms with Gasteiger partial charge in [-0.1, -0.05) is 25.9 Å². The van der Waals surface area contributed by atoms with Gasteiger partial charge < -0.3 is 20.1 Å². The molecule has 0 saturated heterocycles. The number of rotatable bonds is 3. The Labute approximate surface area is 194 Å². The third-order valence-corrected chi connectivity index (χ3v) is 5.50. The normalized spacial score (nSPS) is 11.6. The fourth-order valence-corrected chi connectivity index (χ4v) is 3.58. The van der Waals surface area contributed by atoms with Crippen molar-refractivity contribution < 1.29 is 13.7 Å². The van der Waals surface area contributed by atoms with Crippen LogP contribution in [0.4, 0.5) is 26.6 Å². The van der Waals surface area contributed by atoms with Crippen LogP contribution in [-0.2, 0) is 12.5 Å². The van der Waals surface area contributed by atoms with Gasteiger partial charge >= 0.3 is 6.03 Å². The summed E-state index contributed by atoms with van der Waals surface area (Å²) in [5.41, 5.74) is 7.75. The number of amides is 2. The van der Waals surface area contributed by atoms with Gasteiger partial charge in [0.05, 0.1) is 16.9 Å². The maximum Gasteiger partial charge on any atom is 0.326 e. The molecule has 4 aromatic rings. The lowest BCUT2D eigenvalue weighted by Gasteiger charge is -2.14. The van der Waals surface area contributed by atoms with E-state index >= 15 is 0 Å². The standard InChI is InChI=1S/C24H25FN6O3/c1-12-6-16(25)17(28-23(33)29-21-10-19(30-34-21)24(2,3)4)8-14(12)15-7-13-11-27-20(26)9-18(13)31(5)22(15)32/h6-11H,1-5H3,(H2,26,27)(H2,28,29,33). The number of pyridine rings is 2. The Morgan fingerprint density at radius 1 is 1.12 bits per heavy atom. The summed E-state index contributed by atoms with van der Waals surface area (Å²) < 4.78 is 21.3. The van der Waals surface area contributed by atoms with Crippen LogP contribution < -0.4 is 21.9 Å². The number of nitrogens with zero attached hydrogens (tertiary/aromatic N) is 3. The molecule has 0 aliphatic heterocycles. The molecule has 0 fully saturated rings. The number of carbonyl (C=O) groups excluding carboxylic acids is 1. The number of aromatic nitrogens is 3. The third-order valence-electron chi connectivity index (χ3n) is 5.50. The molecule has 34 heavy (non-hydrogen) atoms. The van der Waals surface area contributed by atoms with Crippen LogP contribution in [0.2, 0.25) is 0 Å². The topological polar surface area (TPSA) is 128 Å². The van der Waals surface area contributed by atoms with Gasteiger partial charge in [0, 0.05) is 41.7 Å². The van der Waals surface area contributed by atoms with E-state index in [4.69, 9.17) is 10.3 Å². The summed E-state index contributed by atoms with van der Waals surface area (Å²) in [6.07, 6.45) is 1.57. The maximum atomic E-state index is 14.7. The van der Waals surface area contributed by atoms with Crippen molar-refractivity contribution in [1.29, 1.82) is 0 Å². The quantitative estimate of drug-likeness (QED) is 0.408. The minimum absolute atomic E-state index is 0.0914. The van der Waals surface area contributed by atoms with Crippen LogP contribution in [0.25, 0.3) is 22.0 Å². The second-order valence-electron chi connectivity index (χ2n) is 9.14. The van der Waals surface area contributed by atoms with Crippen LogP contribution in [-0.4, -0.2) is 20.7 Å². The molecule has 0 spiro atoms. The zero-order valence-corrected chi connectivity index (χ0v) is 19.5. The number of nitrogens with two attached hydrogens (primary N) is 1. The molecule has 3 aromatic heterocycles. The number of carbonyl (C=O) groups is 1. The number of fused-ring (bicyclic) bond motifs is 1. The average Bonchev–Trinajstić information content (AvgIpc) is 3.22. The van der Waals surface area contributed by atoms with Crippen molar-refractivity contribution in [3.8, 4) is 11.1 Å². The molecule has 0 saturated carbocycles. The zero-order chi connectivity index (χ0) is 24.8. The van der Waals surface area contributed by atoms with Crippen molar-refractivity contribution >= 4 is 34.3 Å². The highest BCUT2D eigenvalue weighted by Crippen LogP contribution is 2.29. The van der Waals surface area contributed by atoms with E-state index in [1.54, 1.807) is 38.4 Å². The molecular formula is C24H25FN6O3. The second kappa shape index (κ2) is 8.29. The van der Waals surface area contributed by atoms with Gasteiger partial charge in [-0.25, -0.2) is 14.2 Å². The summed E-state index contributed by atoms with van der Waals surface area (Å²) in [7, 11) is 1.63. The van der Waals surface area contributed by atoms with E-state index in [2.05, 4.69) is 20.8 Å². The SMILES string of the molecule is Cc1cc(F)c(NC(=O)Nc2cc(C(C)(C)C)no2)cc1-c1cc2cnc(N)cc2n(C)c1=O. The third kappa shape index (κ3) is 4.34. The number of aryl methyl sites for hydroxylation is 2. The molecule has 176 valence electrons. The molecule has 2 amide bonds. The number of urea groups is 1. The van der Waals surface area contributed by atoms with Gasteiger partial charge in [0.15, 0.2) is 0 Å². The molecule has 0 aliphatic rings. The average molecular weight is 465 g/mol. The highest BCUT2D eigenvalue weighted by Gasteiger charge is 2.20. The van der Waals surface area contributed by atoms with Gasteiger partial charge in [-0.05, 0) is 36.2 Å². The molecule has 3 heterocycles. The van der Waals surface area contributed by atoms with Gasteiger partial charge in [0.2, 0.25) is 5.88 Å². The van der Waals surface area contributed by atoms with Crippen LogP contribution in [0, 0.1) is 12.7 Å². The molecule has 1 aromatic carbocycles. The number of nitrogen functional groups attached to an aromatic ring is 1. The van der Waals surface area contributed by atoms with Crippen molar-refractivity contribution in [1.82, 2.24) is 14.7 Å². The molecule has 10 heteroatoms. The zero-order valence-electron chi connectivity index (χ0n) is 19.5. The Balaban J connectivity index is 1.67. The van der Waals surface area contributed by atoms with Crippen molar-refractivity contribution in [2.24, 2.45) is 7.05 Å². The minimum Gasteiger partial charge on any atom is -0.384 e. The predicted molar refractivity (Wildman–Crippen MR) is 129 cm³/mol. The molecular weight excluding hydrogens is 439 g/mol. The van der Waals surface area contributed by atoms with Crippen LogP contribution in [0.1, 0.15) is 32.0 Å². The van der Waals surface area contributed by atoms with E-state index < -0.39 is 11.8 Å². The molecule has 4 rings (SSSR count). The summed E-state index contributed by atoms with van der Waals surface area (Å²) in [5.74, 6) is -0.214. The lowest BCUT2D eigenvalue weighted by Crippen LogP contribution is -2.21. The van der Waals surface area contributed by atoms with Gasteiger partial charge in [-0.3, -0.25) is 10.1 Å². The number of benzene rings is 1. The van der Waals surface area contributed by atoms with Crippen molar-refractivity contribution in [2.45, 2.75) is 33.1 Å². The second-order valence-corrected chi connectivity index (χ2v) is 9.14. The fraction of sp³-hybridized carbons (Fsp3) is 0.250. The monoisotopic (exact) mass is 464 g/mol. The number of anilines is 3. The van der Waals surface area contributed by atoms with E-state index in [-0.39, 0.29) is 22.5 Å². The lowest BCUT2D eigenvalue weighted by molar-refractivity contribution is 0.261. The minimum atomic E-state index is -0.712. The molecule has 0 atom stereocenters. The molecule has 0 bridgehead atoms. The Bertz CT molecular complexity index is 1480. The Morgan fingerprint density at radius 3 is 2.53 bits per heavy atom. The lowest BCUT2D eigenvalue weighted by atomic mass is 9.92. The molecule has 9 nitrogen and oxygen atoms in total. The Morgan fingerprint density at radius 2 is 1.85 bits per heavy atom. The Hall–Kier alpha value is -4.21. The largest absolute Gasteiger partial charge is 0.384 e. The van der Waals surface area contributed by atoms with Gasteiger partial charge in [0.1, 0.15) is 11.6 Å². The molecule has 0 unspecified atom stereocenters. The first-order chi connectivity index (χ1) is 15.9. The summed E-state index contributed by atoms with van der Waals surface area (Å²) >= 11 is 0. The molecule has 4 N–H and O–H groups in total. The van der Waals surface area contributed by atoms with Crippen molar-refractivity contribution in [3.05, 3.63) is 64.0 Å². The van der Waals surface area contributed by atoms with Gasteiger partial charge in [-0.2, -0.15) is 0 Å². The first kappa shape index (κ1) is 23.0. The molecule has 0 radical (unpaired) electrons. The van der Waals surface area contributed by atoms with Gasteiger partial charge in [-0.15, -0.1) is 0 Å². The van der Waals surface area contributed by atoms with E-state index in [0.717, 1.165) is 0 Å². The summed E-state index contributed by atoms with van der Waals surface area (Å²) in [6.45, 7) is 7.57. The number of hydrogen-bond acceptors (Lipinski definition) is 6. The fourth-order valence-electron chi connectivity index (χ4n) is 3.58. The van der Waals surface area contributed by atoms with Crippen LogP contribution in [0.3, 0.4) is 0 Å². The number of halogens is 1. The van der Waals surface area contributed by atoms with Crippen LogP contribution >= 0.6 is 0 Å². The summed E-state index contributed by atoms with van der Waals surface area (Å²) in [4.78, 5) is 29.7. The van der Waals surface area contributed by atoms with E-state index in [1.165, 1.54) is 16.7 Å². The van der Waals surface area contributed by atoms with E-state index in [0.29, 0.717) is 39.1 Å². The Kier molecular flexibility index (Phi) is 5.60. The van der Waals surface area contributed by atoms with Gasteiger partial charge in [0.25, 0.3) is 5.56 Å². The van der Waals surface area contributed by atoms with E-state index in [1.807, 2.05) is 20.8 Å². The van der Waals surface area contributed by atoms with E-state index in [9.17, 15) is 14.0 Å².